The van der Waals surface area contributed by atoms with Crippen molar-refractivity contribution in [3.8, 4) is 5.75 Å². The zero-order valence-corrected chi connectivity index (χ0v) is 19.5. The van der Waals surface area contributed by atoms with Crippen molar-refractivity contribution in [3.05, 3.63) is 24.3 Å². The molecule has 1 aromatic rings. The molecule has 8 nitrogen and oxygen atoms in total. The molecule has 1 rings (SSSR count). The van der Waals surface area contributed by atoms with Gasteiger partial charge >= 0.3 is 42.6 Å². The summed E-state index contributed by atoms with van der Waals surface area (Å²) in [5.41, 5.74) is 0.261. The molecule has 0 radical (unpaired) electrons. The van der Waals surface area contributed by atoms with Crippen molar-refractivity contribution < 1.29 is 68.5 Å². The van der Waals surface area contributed by atoms with Gasteiger partial charge in [-0.25, -0.2) is 17.6 Å². The van der Waals surface area contributed by atoms with Crippen LogP contribution in [0.5, 0.6) is 5.75 Å². The number of ether oxygens (including phenoxy) is 3. The van der Waals surface area contributed by atoms with Crippen LogP contribution in [-0.2, 0) is 28.7 Å². The van der Waals surface area contributed by atoms with E-state index in [1.54, 1.807) is 0 Å². The van der Waals surface area contributed by atoms with Crippen LogP contribution < -0.4 is 10.1 Å². The molecule has 0 saturated carbocycles. The predicted molar refractivity (Wildman–Crippen MR) is 112 cm³/mol. The Kier molecular flexibility index (Phi) is 12.9. The summed E-state index contributed by atoms with van der Waals surface area (Å²) >= 11 is 0. The minimum absolute atomic E-state index is 0.0514. The van der Waals surface area contributed by atoms with Crippen molar-refractivity contribution in [2.75, 3.05) is 18.5 Å². The van der Waals surface area contributed by atoms with Gasteiger partial charge < -0.3 is 19.5 Å². The van der Waals surface area contributed by atoms with Gasteiger partial charge in [-0.1, -0.05) is 0 Å². The Morgan fingerprint density at radius 1 is 0.684 bits per heavy atom. The molecule has 0 unspecified atom stereocenters. The highest BCUT2D eigenvalue weighted by molar-refractivity contribution is 5.91. The number of rotatable bonds is 16. The molecule has 38 heavy (non-hydrogen) atoms. The molecule has 0 heterocycles. The number of carbonyl (C=O) groups is 4. The molecule has 0 spiro atoms. The third-order valence-electron chi connectivity index (χ3n) is 4.41. The van der Waals surface area contributed by atoms with Crippen molar-refractivity contribution >= 4 is 29.5 Å². The van der Waals surface area contributed by atoms with E-state index >= 15 is 0 Å². The van der Waals surface area contributed by atoms with Crippen molar-refractivity contribution in [1.82, 2.24) is 0 Å². The molecule has 214 valence electrons. The largest absolute Gasteiger partial charge is 0.459 e. The van der Waals surface area contributed by atoms with Crippen LogP contribution >= 0.6 is 0 Å². The number of nitrogens with one attached hydrogen (secondary N) is 1. The lowest BCUT2D eigenvalue weighted by Crippen LogP contribution is -2.33. The average Bonchev–Trinajstić information content (AvgIpc) is 2.82. The van der Waals surface area contributed by atoms with Crippen LogP contribution in [0.3, 0.4) is 0 Å². The fraction of sp³-hybridized carbons (Fsp3) is 0.545. The van der Waals surface area contributed by atoms with Crippen LogP contribution in [0, 0.1) is 0 Å². The first kappa shape index (κ1) is 32.6. The van der Waals surface area contributed by atoms with E-state index in [0.29, 0.717) is 0 Å². The number of hydrogen-bond acceptors (Lipinski definition) is 7. The number of amides is 1. The fourth-order valence-corrected chi connectivity index (χ4v) is 2.41. The van der Waals surface area contributed by atoms with Crippen molar-refractivity contribution in [2.45, 2.75) is 63.2 Å². The molecule has 0 saturated heterocycles. The second-order valence-electron chi connectivity index (χ2n) is 7.70. The molecule has 0 aliphatic rings. The van der Waals surface area contributed by atoms with Gasteiger partial charge in [0.05, 0.1) is 0 Å². The highest BCUT2D eigenvalue weighted by Gasteiger charge is 2.43. The summed E-state index contributed by atoms with van der Waals surface area (Å²) in [5, 5.41) is 2.44. The molecule has 1 aromatic carbocycles. The van der Waals surface area contributed by atoms with Crippen molar-refractivity contribution in [3.63, 3.8) is 0 Å². The maximum atomic E-state index is 12.7. The Morgan fingerprint density at radius 3 is 1.55 bits per heavy atom. The lowest BCUT2D eigenvalue weighted by Gasteiger charge is -2.14. The molecule has 0 aromatic heterocycles. The second kappa shape index (κ2) is 15.1. The van der Waals surface area contributed by atoms with Crippen LogP contribution in [0.1, 0.15) is 38.5 Å². The van der Waals surface area contributed by atoms with E-state index in [0.717, 1.165) is 0 Å². The number of alkyl halides is 8. The van der Waals surface area contributed by atoms with Gasteiger partial charge in [0.1, 0.15) is 5.75 Å². The predicted octanol–water partition coefficient (Wildman–Crippen LogP) is 4.76. The van der Waals surface area contributed by atoms with Gasteiger partial charge in [-0.2, -0.15) is 17.6 Å². The van der Waals surface area contributed by atoms with Gasteiger partial charge in [-0.05, 0) is 37.1 Å². The quantitative estimate of drug-likeness (QED) is 0.175. The van der Waals surface area contributed by atoms with Crippen LogP contribution in [0.25, 0.3) is 0 Å². The summed E-state index contributed by atoms with van der Waals surface area (Å²) in [6.45, 7) is -3.56. The van der Waals surface area contributed by atoms with Gasteiger partial charge in [0, 0.05) is 31.4 Å². The molecular weight excluding hydrogens is 542 g/mol. The van der Waals surface area contributed by atoms with Crippen molar-refractivity contribution in [1.29, 1.82) is 0 Å². The summed E-state index contributed by atoms with van der Waals surface area (Å²) in [7, 11) is 0. The van der Waals surface area contributed by atoms with Crippen LogP contribution in [-0.4, -0.2) is 61.7 Å². The highest BCUT2D eigenvalue weighted by atomic mass is 19.3. The van der Waals surface area contributed by atoms with E-state index < -0.39 is 74.6 Å². The molecule has 0 fully saturated rings. The highest BCUT2D eigenvalue weighted by Crippen LogP contribution is 2.24. The SMILES string of the molecule is O=C(CCCC(=O)OCC(F)(F)C(F)F)Nc1ccc(OC(=O)CCCC(=O)OCC(F)(F)C(F)F)cc1. The minimum atomic E-state index is -4.48. The van der Waals surface area contributed by atoms with Gasteiger partial charge in [-0.15, -0.1) is 0 Å². The van der Waals surface area contributed by atoms with Crippen LogP contribution in [0.4, 0.5) is 40.8 Å². The van der Waals surface area contributed by atoms with E-state index in [1.807, 2.05) is 0 Å². The van der Waals surface area contributed by atoms with Gasteiger partial charge in [0.15, 0.2) is 13.2 Å². The van der Waals surface area contributed by atoms with E-state index in [4.69, 9.17) is 4.74 Å². The third kappa shape index (κ3) is 12.7. The first-order valence-electron chi connectivity index (χ1n) is 10.9. The molecule has 0 aliphatic carbocycles. The zero-order chi connectivity index (χ0) is 28.9. The Balaban J connectivity index is 2.29. The molecule has 1 amide bonds. The third-order valence-corrected chi connectivity index (χ3v) is 4.41. The van der Waals surface area contributed by atoms with E-state index in [2.05, 4.69) is 14.8 Å². The van der Waals surface area contributed by atoms with Crippen LogP contribution in [0.2, 0.25) is 0 Å². The summed E-state index contributed by atoms with van der Waals surface area (Å²) in [6.07, 6.45) is -9.73. The Hall–Kier alpha value is -3.46. The Labute approximate surface area is 210 Å². The number of hydrogen-bond donors (Lipinski definition) is 1. The maximum absolute atomic E-state index is 12.7. The van der Waals surface area contributed by atoms with Crippen molar-refractivity contribution in [2.24, 2.45) is 0 Å². The van der Waals surface area contributed by atoms with E-state index in [1.165, 1.54) is 24.3 Å². The Morgan fingerprint density at radius 2 is 1.11 bits per heavy atom. The maximum Gasteiger partial charge on any atom is 0.340 e. The molecule has 16 heteroatoms. The molecule has 0 atom stereocenters. The monoisotopic (exact) mass is 565 g/mol. The Bertz CT molecular complexity index is 867. The van der Waals surface area contributed by atoms with Gasteiger partial charge in [0.2, 0.25) is 5.91 Å². The average molecular weight is 565 g/mol. The topological polar surface area (TPSA) is 108 Å². The summed E-state index contributed by atoms with van der Waals surface area (Å²) in [6, 6.07) is 5.30. The molecule has 0 aliphatic heterocycles. The van der Waals surface area contributed by atoms with Gasteiger partial charge in [0.25, 0.3) is 0 Å². The minimum Gasteiger partial charge on any atom is -0.459 e. The second-order valence-corrected chi connectivity index (χ2v) is 7.70. The number of benzene rings is 1. The lowest BCUT2D eigenvalue weighted by molar-refractivity contribution is -0.180. The standard InChI is InChI=1S/C22H23F8NO7/c23-19(24)21(27,28)11-36-16(33)4-1-3-15(32)31-13-7-9-14(10-8-13)38-18(35)6-2-5-17(34)37-12-22(29,30)20(25)26/h7-10,19-20H,1-6,11-12H2,(H,31,32). The molecular formula is C22H23F8NO7. The molecule has 1 N–H and O–H groups in total. The van der Waals surface area contributed by atoms with E-state index in [-0.39, 0.29) is 37.1 Å². The number of anilines is 1. The zero-order valence-electron chi connectivity index (χ0n) is 19.5. The first-order chi connectivity index (χ1) is 17.6. The smallest absolute Gasteiger partial charge is 0.340 e. The summed E-state index contributed by atoms with van der Waals surface area (Å²) < 4.78 is 112. The van der Waals surface area contributed by atoms with E-state index in [9.17, 15) is 54.3 Å². The number of esters is 3. The fourth-order valence-electron chi connectivity index (χ4n) is 2.41. The number of halogens is 8. The van der Waals surface area contributed by atoms with Gasteiger partial charge in [-0.3, -0.25) is 19.2 Å². The summed E-state index contributed by atoms with van der Waals surface area (Å²) in [4.78, 5) is 46.3. The lowest BCUT2D eigenvalue weighted by atomic mass is 10.2. The normalized spacial score (nSPS) is 11.8. The number of carbonyl (C=O) groups excluding carboxylic acids is 4. The summed E-state index contributed by atoms with van der Waals surface area (Å²) in [5.74, 6) is -12.6. The first-order valence-corrected chi connectivity index (χ1v) is 10.9. The van der Waals surface area contributed by atoms with Crippen LogP contribution in [0.15, 0.2) is 24.3 Å². The molecule has 0 bridgehead atoms.